The Balaban J connectivity index is 1.62. The first-order valence-corrected chi connectivity index (χ1v) is 11.3. The van der Waals surface area contributed by atoms with E-state index in [2.05, 4.69) is 5.32 Å². The van der Waals surface area contributed by atoms with Crippen molar-refractivity contribution in [2.45, 2.75) is 44.6 Å². The molecule has 1 amide bonds. The lowest BCUT2D eigenvalue weighted by Crippen LogP contribution is -2.46. The lowest BCUT2D eigenvalue weighted by atomic mass is 10.1. The molecular weight excluding hydrogens is 404 g/mol. The summed E-state index contributed by atoms with van der Waals surface area (Å²) in [6, 6.07) is 11.6. The number of hydrogen-bond donors (Lipinski definition) is 1. The number of benzene rings is 2. The van der Waals surface area contributed by atoms with Crippen LogP contribution in [0.15, 0.2) is 47.4 Å². The molecule has 1 N–H and O–H groups in total. The Morgan fingerprint density at radius 1 is 1.07 bits per heavy atom. The van der Waals surface area contributed by atoms with Crippen molar-refractivity contribution in [3.63, 3.8) is 0 Å². The highest BCUT2D eigenvalue weighted by atomic mass is 32.2. The van der Waals surface area contributed by atoms with E-state index >= 15 is 0 Å². The average Bonchev–Trinajstić information content (AvgIpc) is 2.68. The molecule has 0 atom stereocenters. The summed E-state index contributed by atoms with van der Waals surface area (Å²) in [6.07, 6.45) is 1.05. The first-order valence-electron chi connectivity index (χ1n) is 9.83. The number of piperidine rings is 1. The van der Waals surface area contributed by atoms with E-state index in [0.29, 0.717) is 42.1 Å². The lowest BCUT2D eigenvalue weighted by molar-refractivity contribution is -0.131. The second-order valence-corrected chi connectivity index (χ2v) is 9.45. The maximum atomic E-state index is 13.0. The van der Waals surface area contributed by atoms with Gasteiger partial charge in [-0.05, 0) is 56.5 Å². The number of esters is 1. The van der Waals surface area contributed by atoms with Crippen LogP contribution in [0.2, 0.25) is 0 Å². The van der Waals surface area contributed by atoms with E-state index in [1.807, 2.05) is 13.0 Å². The maximum absolute atomic E-state index is 13.0. The number of rotatable bonds is 5. The highest BCUT2D eigenvalue weighted by Gasteiger charge is 2.31. The molecular formula is C22H26N2O5S. The van der Waals surface area contributed by atoms with Gasteiger partial charge in [0.05, 0.1) is 4.90 Å². The van der Waals surface area contributed by atoms with Crippen molar-refractivity contribution in [3.05, 3.63) is 59.2 Å². The number of sulfonamides is 1. The fraction of sp³-hybridized carbons (Fsp3) is 0.364. The van der Waals surface area contributed by atoms with E-state index in [4.69, 9.17) is 4.74 Å². The minimum atomic E-state index is -3.56. The molecule has 0 aromatic heterocycles. The summed E-state index contributed by atoms with van der Waals surface area (Å²) in [5, 5.41) is 2.95. The lowest BCUT2D eigenvalue weighted by Gasteiger charge is -2.32. The van der Waals surface area contributed by atoms with E-state index in [-0.39, 0.29) is 11.9 Å². The predicted molar refractivity (Wildman–Crippen MR) is 113 cm³/mol. The van der Waals surface area contributed by atoms with Crippen LogP contribution in [0.5, 0.6) is 5.75 Å². The van der Waals surface area contributed by atoms with Crippen molar-refractivity contribution in [1.29, 1.82) is 0 Å². The number of carbonyl (C=O) groups excluding carboxylic acids is 2. The molecule has 1 fully saturated rings. The molecule has 1 aliphatic heterocycles. The fourth-order valence-electron chi connectivity index (χ4n) is 3.60. The maximum Gasteiger partial charge on any atom is 0.308 e. The van der Waals surface area contributed by atoms with Gasteiger partial charge >= 0.3 is 5.97 Å². The Hall–Kier alpha value is -2.71. The largest absolute Gasteiger partial charge is 0.427 e. The van der Waals surface area contributed by atoms with Gasteiger partial charge in [-0.1, -0.05) is 23.8 Å². The van der Waals surface area contributed by atoms with Crippen molar-refractivity contribution in [1.82, 2.24) is 9.62 Å². The molecule has 0 spiro atoms. The van der Waals surface area contributed by atoms with Gasteiger partial charge in [0, 0.05) is 31.6 Å². The molecule has 0 aliphatic carbocycles. The molecule has 2 aromatic carbocycles. The number of aryl methyl sites for hydroxylation is 2. The molecule has 0 bridgehead atoms. The second kappa shape index (κ2) is 8.97. The summed E-state index contributed by atoms with van der Waals surface area (Å²) < 4.78 is 32.5. The van der Waals surface area contributed by atoms with Crippen molar-refractivity contribution >= 4 is 21.9 Å². The van der Waals surface area contributed by atoms with E-state index < -0.39 is 16.0 Å². The average molecular weight is 431 g/mol. The van der Waals surface area contributed by atoms with E-state index in [0.717, 1.165) is 11.1 Å². The predicted octanol–water partition coefficient (Wildman–Crippen LogP) is 2.81. The standard InChI is InChI=1S/C22H26N2O5S/c1-15-7-8-21(16(2)13-15)30(27,28)24-11-9-19(10-12-24)23-22(26)18-5-4-6-20(14-18)29-17(3)25/h4-8,13-14,19H,9-12H2,1-3H3,(H,23,26). The Morgan fingerprint density at radius 3 is 2.40 bits per heavy atom. The third-order valence-electron chi connectivity index (χ3n) is 5.10. The quantitative estimate of drug-likeness (QED) is 0.582. The van der Waals surface area contributed by atoms with Gasteiger partial charge in [-0.15, -0.1) is 0 Å². The Morgan fingerprint density at radius 2 is 1.77 bits per heavy atom. The highest BCUT2D eigenvalue weighted by Crippen LogP contribution is 2.24. The first kappa shape index (κ1) is 22.0. The van der Waals surface area contributed by atoms with E-state index in [1.54, 1.807) is 37.3 Å². The zero-order valence-corrected chi connectivity index (χ0v) is 18.2. The van der Waals surface area contributed by atoms with Crippen molar-refractivity contribution < 1.29 is 22.7 Å². The van der Waals surface area contributed by atoms with Crippen LogP contribution in [-0.2, 0) is 14.8 Å². The fourth-order valence-corrected chi connectivity index (χ4v) is 5.28. The van der Waals surface area contributed by atoms with Crippen LogP contribution >= 0.6 is 0 Å². The van der Waals surface area contributed by atoms with Gasteiger partial charge in [0.25, 0.3) is 5.91 Å². The van der Waals surface area contributed by atoms with Gasteiger partial charge in [-0.25, -0.2) is 8.42 Å². The molecule has 0 radical (unpaired) electrons. The van der Waals surface area contributed by atoms with Crippen molar-refractivity contribution in [2.24, 2.45) is 0 Å². The van der Waals surface area contributed by atoms with Crippen LogP contribution in [-0.4, -0.2) is 43.7 Å². The van der Waals surface area contributed by atoms with Gasteiger partial charge < -0.3 is 10.1 Å². The molecule has 1 saturated heterocycles. The molecule has 1 heterocycles. The van der Waals surface area contributed by atoms with Crippen LogP contribution in [0.4, 0.5) is 0 Å². The first-order chi connectivity index (χ1) is 14.2. The Bertz CT molecular complexity index is 1060. The van der Waals surface area contributed by atoms with Gasteiger partial charge in [0.2, 0.25) is 10.0 Å². The number of nitrogens with zero attached hydrogens (tertiary/aromatic N) is 1. The molecule has 0 saturated carbocycles. The molecule has 7 nitrogen and oxygen atoms in total. The van der Waals surface area contributed by atoms with Gasteiger partial charge in [0.15, 0.2) is 0 Å². The molecule has 30 heavy (non-hydrogen) atoms. The molecule has 8 heteroatoms. The third kappa shape index (κ3) is 5.06. The molecule has 1 aliphatic rings. The molecule has 160 valence electrons. The van der Waals surface area contributed by atoms with Gasteiger partial charge in [-0.3, -0.25) is 9.59 Å². The zero-order chi connectivity index (χ0) is 21.9. The SMILES string of the molecule is CC(=O)Oc1cccc(C(=O)NC2CCN(S(=O)(=O)c3ccc(C)cc3C)CC2)c1. The Kier molecular flexibility index (Phi) is 6.58. The van der Waals surface area contributed by atoms with Crippen LogP contribution in [0.25, 0.3) is 0 Å². The second-order valence-electron chi connectivity index (χ2n) is 7.54. The molecule has 2 aromatic rings. The minimum Gasteiger partial charge on any atom is -0.427 e. The van der Waals surface area contributed by atoms with Crippen LogP contribution < -0.4 is 10.1 Å². The summed E-state index contributed by atoms with van der Waals surface area (Å²) in [5.41, 5.74) is 2.14. The summed E-state index contributed by atoms with van der Waals surface area (Å²) in [6.45, 7) is 5.71. The van der Waals surface area contributed by atoms with Crippen molar-refractivity contribution in [3.8, 4) is 5.75 Å². The van der Waals surface area contributed by atoms with Crippen LogP contribution in [0.3, 0.4) is 0 Å². The zero-order valence-electron chi connectivity index (χ0n) is 17.3. The van der Waals surface area contributed by atoms with Crippen LogP contribution in [0.1, 0.15) is 41.3 Å². The number of nitrogens with one attached hydrogen (secondary N) is 1. The summed E-state index contributed by atoms with van der Waals surface area (Å²) >= 11 is 0. The third-order valence-corrected chi connectivity index (χ3v) is 7.15. The van der Waals surface area contributed by atoms with Gasteiger partial charge in [0.1, 0.15) is 5.75 Å². The summed E-state index contributed by atoms with van der Waals surface area (Å²) in [4.78, 5) is 24.0. The minimum absolute atomic E-state index is 0.125. The Labute approximate surface area is 177 Å². The highest BCUT2D eigenvalue weighted by molar-refractivity contribution is 7.89. The smallest absolute Gasteiger partial charge is 0.308 e. The number of amides is 1. The molecule has 0 unspecified atom stereocenters. The van der Waals surface area contributed by atoms with Crippen molar-refractivity contribution in [2.75, 3.05) is 13.1 Å². The van der Waals surface area contributed by atoms with Crippen LogP contribution in [0, 0.1) is 13.8 Å². The summed E-state index contributed by atoms with van der Waals surface area (Å²) in [7, 11) is -3.56. The van der Waals surface area contributed by atoms with E-state index in [9.17, 15) is 18.0 Å². The number of carbonyl (C=O) groups is 2. The van der Waals surface area contributed by atoms with Gasteiger partial charge in [-0.2, -0.15) is 4.31 Å². The molecule has 3 rings (SSSR count). The monoisotopic (exact) mass is 430 g/mol. The van der Waals surface area contributed by atoms with E-state index in [1.165, 1.54) is 17.3 Å². The summed E-state index contributed by atoms with van der Waals surface area (Å²) in [5.74, 6) is -0.422. The number of hydrogen-bond acceptors (Lipinski definition) is 5. The normalized spacial score (nSPS) is 15.6. The topological polar surface area (TPSA) is 92.8 Å². The number of ether oxygens (including phenoxy) is 1.